The fourth-order valence-corrected chi connectivity index (χ4v) is 2.41. The van der Waals surface area contributed by atoms with Gasteiger partial charge in [-0.05, 0) is 26.4 Å². The first-order valence-electron chi connectivity index (χ1n) is 4.35. The van der Waals surface area contributed by atoms with E-state index in [1.807, 2.05) is 14.0 Å². The average Bonchev–Trinajstić information content (AvgIpc) is 1.95. The van der Waals surface area contributed by atoms with E-state index in [0.717, 1.165) is 25.8 Å². The lowest BCUT2D eigenvalue weighted by Gasteiger charge is -2.13. The Morgan fingerprint density at radius 1 is 1.33 bits per heavy atom. The second-order valence-corrected chi connectivity index (χ2v) is 5.46. The van der Waals surface area contributed by atoms with Crippen LogP contribution in [0.3, 0.4) is 0 Å². The minimum Gasteiger partial charge on any atom is -0.320 e. The topological polar surface area (TPSA) is 46.2 Å². The molecule has 0 aromatic carbocycles. The minimum absolute atomic E-state index is 0.157. The van der Waals surface area contributed by atoms with Gasteiger partial charge < -0.3 is 5.32 Å². The van der Waals surface area contributed by atoms with E-state index in [1.165, 1.54) is 6.26 Å². The van der Waals surface area contributed by atoms with Crippen molar-refractivity contribution in [2.45, 2.75) is 31.4 Å². The summed E-state index contributed by atoms with van der Waals surface area (Å²) in [6.07, 6.45) is 3.76. The second-order valence-electron chi connectivity index (χ2n) is 3.13. The Morgan fingerprint density at radius 2 is 1.92 bits per heavy atom. The van der Waals surface area contributed by atoms with Gasteiger partial charge in [-0.2, -0.15) is 0 Å². The van der Waals surface area contributed by atoms with Gasteiger partial charge in [0.2, 0.25) is 0 Å². The number of rotatable bonds is 6. The van der Waals surface area contributed by atoms with Crippen LogP contribution in [0.4, 0.5) is 0 Å². The normalized spacial score (nSPS) is 14.6. The molecule has 1 N–H and O–H groups in total. The van der Waals surface area contributed by atoms with Crippen molar-refractivity contribution in [1.29, 1.82) is 0 Å². The van der Waals surface area contributed by atoms with Crippen LogP contribution in [-0.4, -0.2) is 33.5 Å². The van der Waals surface area contributed by atoms with E-state index < -0.39 is 9.84 Å². The van der Waals surface area contributed by atoms with Gasteiger partial charge in [0, 0.05) is 6.26 Å². The first-order valence-corrected chi connectivity index (χ1v) is 6.31. The molecule has 0 aromatic heterocycles. The van der Waals surface area contributed by atoms with Gasteiger partial charge >= 0.3 is 0 Å². The molecular weight excluding hydrogens is 174 g/mol. The molecule has 0 aliphatic rings. The fourth-order valence-electron chi connectivity index (χ4n) is 1.20. The molecule has 0 aromatic rings. The third-order valence-corrected chi connectivity index (χ3v) is 3.61. The predicted molar refractivity (Wildman–Crippen MR) is 52.1 cm³/mol. The van der Waals surface area contributed by atoms with Gasteiger partial charge in [0.1, 0.15) is 9.84 Å². The number of hydrogen-bond donors (Lipinski definition) is 1. The summed E-state index contributed by atoms with van der Waals surface area (Å²) in [7, 11) is -1.00. The molecule has 4 heteroatoms. The van der Waals surface area contributed by atoms with Gasteiger partial charge in [-0.1, -0.05) is 13.3 Å². The van der Waals surface area contributed by atoms with Crippen molar-refractivity contribution in [2.75, 3.05) is 19.8 Å². The Hall–Kier alpha value is -0.0900. The zero-order chi connectivity index (χ0) is 9.61. The summed E-state index contributed by atoms with van der Waals surface area (Å²) < 4.78 is 22.4. The van der Waals surface area contributed by atoms with E-state index in [9.17, 15) is 8.42 Å². The van der Waals surface area contributed by atoms with E-state index in [-0.39, 0.29) is 5.25 Å². The van der Waals surface area contributed by atoms with Crippen LogP contribution in [0.1, 0.15) is 26.2 Å². The maximum absolute atomic E-state index is 11.2. The van der Waals surface area contributed by atoms with Crippen LogP contribution < -0.4 is 5.32 Å². The Labute approximate surface area is 75.5 Å². The van der Waals surface area contributed by atoms with Crippen molar-refractivity contribution in [2.24, 2.45) is 0 Å². The molecule has 0 aliphatic carbocycles. The summed E-state index contributed by atoms with van der Waals surface area (Å²) in [5, 5.41) is 2.81. The van der Waals surface area contributed by atoms with Crippen LogP contribution in [0.25, 0.3) is 0 Å². The van der Waals surface area contributed by atoms with Crippen LogP contribution in [0.5, 0.6) is 0 Å². The molecule has 0 rings (SSSR count). The highest BCUT2D eigenvalue weighted by atomic mass is 32.2. The summed E-state index contributed by atoms with van der Waals surface area (Å²) in [5.41, 5.74) is 0. The summed E-state index contributed by atoms with van der Waals surface area (Å²) in [5.74, 6) is 0. The maximum atomic E-state index is 11.2. The Kier molecular flexibility index (Phi) is 5.50. The lowest BCUT2D eigenvalue weighted by atomic mass is 10.2. The molecule has 0 radical (unpaired) electrons. The summed E-state index contributed by atoms with van der Waals surface area (Å²) in [6, 6.07) is 0. The highest BCUT2D eigenvalue weighted by molar-refractivity contribution is 7.91. The number of nitrogens with one attached hydrogen (secondary N) is 1. The molecule has 3 nitrogen and oxygen atoms in total. The molecule has 0 saturated carbocycles. The predicted octanol–water partition coefficient (Wildman–Crippen LogP) is 0.809. The average molecular weight is 193 g/mol. The van der Waals surface area contributed by atoms with E-state index in [1.54, 1.807) is 0 Å². The molecule has 74 valence electrons. The molecule has 0 aliphatic heterocycles. The summed E-state index contributed by atoms with van der Waals surface area (Å²) in [6.45, 7) is 2.79. The van der Waals surface area contributed by atoms with E-state index in [2.05, 4.69) is 5.32 Å². The first-order chi connectivity index (χ1) is 5.52. The maximum Gasteiger partial charge on any atom is 0.150 e. The molecule has 0 saturated heterocycles. The molecular formula is C8H19NO2S. The SMILES string of the molecule is CCCC(CCNC)S(C)(=O)=O. The van der Waals surface area contributed by atoms with Gasteiger partial charge in [-0.3, -0.25) is 0 Å². The van der Waals surface area contributed by atoms with E-state index >= 15 is 0 Å². The van der Waals surface area contributed by atoms with Gasteiger partial charge in [-0.15, -0.1) is 0 Å². The highest BCUT2D eigenvalue weighted by Crippen LogP contribution is 2.10. The van der Waals surface area contributed by atoms with E-state index in [4.69, 9.17) is 0 Å². The van der Waals surface area contributed by atoms with Crippen molar-refractivity contribution in [1.82, 2.24) is 5.32 Å². The Bertz CT molecular complexity index is 199. The molecule has 12 heavy (non-hydrogen) atoms. The van der Waals surface area contributed by atoms with Crippen molar-refractivity contribution in [3.63, 3.8) is 0 Å². The van der Waals surface area contributed by atoms with Crippen LogP contribution in [0.2, 0.25) is 0 Å². The molecule has 0 fully saturated rings. The Morgan fingerprint density at radius 3 is 2.25 bits per heavy atom. The molecule has 1 unspecified atom stereocenters. The zero-order valence-electron chi connectivity index (χ0n) is 8.13. The molecule has 0 bridgehead atoms. The molecule has 0 amide bonds. The molecule has 0 heterocycles. The lowest BCUT2D eigenvalue weighted by molar-refractivity contribution is 0.557. The van der Waals surface area contributed by atoms with E-state index in [0.29, 0.717) is 0 Å². The van der Waals surface area contributed by atoms with Crippen LogP contribution in [0, 0.1) is 0 Å². The summed E-state index contributed by atoms with van der Waals surface area (Å²) >= 11 is 0. The van der Waals surface area contributed by atoms with Crippen molar-refractivity contribution in [3.8, 4) is 0 Å². The minimum atomic E-state index is -2.84. The van der Waals surface area contributed by atoms with Gasteiger partial charge in [0.05, 0.1) is 5.25 Å². The number of hydrogen-bond acceptors (Lipinski definition) is 3. The Balaban J connectivity index is 4.05. The van der Waals surface area contributed by atoms with Crippen LogP contribution in [0.15, 0.2) is 0 Å². The first kappa shape index (κ1) is 11.9. The van der Waals surface area contributed by atoms with Gasteiger partial charge in [-0.25, -0.2) is 8.42 Å². The van der Waals surface area contributed by atoms with Gasteiger partial charge in [0.15, 0.2) is 0 Å². The van der Waals surface area contributed by atoms with Crippen LogP contribution in [-0.2, 0) is 9.84 Å². The molecule has 0 spiro atoms. The highest BCUT2D eigenvalue weighted by Gasteiger charge is 2.18. The van der Waals surface area contributed by atoms with Crippen molar-refractivity contribution < 1.29 is 8.42 Å². The van der Waals surface area contributed by atoms with Crippen molar-refractivity contribution in [3.05, 3.63) is 0 Å². The smallest absolute Gasteiger partial charge is 0.150 e. The largest absolute Gasteiger partial charge is 0.320 e. The standard InChI is InChI=1S/C8H19NO2S/c1-4-5-8(6-7-9-2)12(3,10)11/h8-9H,4-7H2,1-3H3. The third kappa shape index (κ3) is 4.72. The molecule has 1 atom stereocenters. The quantitative estimate of drug-likeness (QED) is 0.679. The lowest BCUT2D eigenvalue weighted by Crippen LogP contribution is -2.24. The second kappa shape index (κ2) is 5.54. The third-order valence-electron chi connectivity index (χ3n) is 1.93. The van der Waals surface area contributed by atoms with Crippen LogP contribution >= 0.6 is 0 Å². The fraction of sp³-hybridized carbons (Fsp3) is 1.00. The monoisotopic (exact) mass is 193 g/mol. The van der Waals surface area contributed by atoms with Crippen molar-refractivity contribution >= 4 is 9.84 Å². The summed E-state index contributed by atoms with van der Waals surface area (Å²) in [4.78, 5) is 0. The number of sulfone groups is 1. The van der Waals surface area contributed by atoms with Gasteiger partial charge in [0.25, 0.3) is 0 Å². The zero-order valence-corrected chi connectivity index (χ0v) is 8.95.